The van der Waals surface area contributed by atoms with Gasteiger partial charge in [0.15, 0.2) is 11.6 Å². The Hall–Kier alpha value is -2.50. The summed E-state index contributed by atoms with van der Waals surface area (Å²) in [6.45, 7) is 0.828. The summed E-state index contributed by atoms with van der Waals surface area (Å²) in [6.07, 6.45) is 0. The van der Waals surface area contributed by atoms with Crippen molar-refractivity contribution in [3.63, 3.8) is 0 Å². The van der Waals surface area contributed by atoms with Crippen LogP contribution in [0.5, 0.6) is 0 Å². The fraction of sp³-hybridized carbons (Fsp3) is 0.167. The molecule has 0 unspecified atom stereocenters. The normalized spacial score (nSPS) is 13.0. The minimum atomic E-state index is 0.392. The maximum absolute atomic E-state index is 6.41. The topological polar surface area (TPSA) is 52.3 Å². The molecule has 2 heterocycles. The Balaban J connectivity index is 1.95. The zero-order valence-corrected chi connectivity index (χ0v) is 13.9. The van der Waals surface area contributed by atoms with Gasteiger partial charge in [-0.3, -0.25) is 9.56 Å². The van der Waals surface area contributed by atoms with Crippen LogP contribution >= 0.6 is 11.6 Å². The largest absolute Gasteiger partial charge is 0.377 e. The number of hydrogen-bond acceptors (Lipinski definition) is 4. The zero-order chi connectivity index (χ0) is 16.5. The third kappa shape index (κ3) is 2.42. The molecule has 24 heavy (non-hydrogen) atoms. The fourth-order valence-corrected chi connectivity index (χ4v) is 3.17. The highest BCUT2D eigenvalue weighted by molar-refractivity contribution is 6.35. The Morgan fingerprint density at radius 2 is 1.79 bits per heavy atom. The highest BCUT2D eigenvalue weighted by Crippen LogP contribution is 2.28. The Bertz CT molecular complexity index is 932. The van der Waals surface area contributed by atoms with Crippen molar-refractivity contribution in [3.05, 3.63) is 76.3 Å². The van der Waals surface area contributed by atoms with Gasteiger partial charge in [0.05, 0.1) is 11.4 Å². The van der Waals surface area contributed by atoms with Crippen LogP contribution < -0.4 is 0 Å². The second-order valence-electron chi connectivity index (χ2n) is 5.46. The van der Waals surface area contributed by atoms with Crippen molar-refractivity contribution in [1.29, 1.82) is 0 Å². The number of halogens is 1. The first-order chi connectivity index (χ1) is 11.8. The molecule has 0 amide bonds. The Labute approximate surface area is 144 Å². The molecule has 0 saturated heterocycles. The molecule has 0 spiro atoms. The van der Waals surface area contributed by atoms with Gasteiger partial charge in [0.1, 0.15) is 13.2 Å². The average molecular weight is 339 g/mol. The van der Waals surface area contributed by atoms with E-state index in [1.807, 2.05) is 53.1 Å². The van der Waals surface area contributed by atoms with E-state index in [0.717, 1.165) is 34.2 Å². The molecular weight excluding hydrogens is 324 g/mol. The third-order valence-corrected chi connectivity index (χ3v) is 4.31. The molecule has 0 saturated carbocycles. The highest BCUT2D eigenvalue weighted by Gasteiger charge is 2.23. The summed E-state index contributed by atoms with van der Waals surface area (Å²) in [6, 6.07) is 15.8. The van der Waals surface area contributed by atoms with Crippen LogP contribution in [0.15, 0.2) is 53.5 Å². The lowest BCUT2D eigenvalue weighted by atomic mass is 10.0. The van der Waals surface area contributed by atoms with Crippen molar-refractivity contribution in [3.8, 4) is 5.69 Å². The Morgan fingerprint density at radius 1 is 1.04 bits per heavy atom. The number of nitrogens with zero attached hydrogens (tertiary/aromatic N) is 4. The molecule has 4 rings (SSSR count). The number of aliphatic imine (C=N–C) groups is 1. The summed E-state index contributed by atoms with van der Waals surface area (Å²) < 4.78 is 7.28. The highest BCUT2D eigenvalue weighted by atomic mass is 35.5. The Kier molecular flexibility index (Phi) is 3.88. The predicted molar refractivity (Wildman–Crippen MR) is 92.9 cm³/mol. The van der Waals surface area contributed by atoms with E-state index in [9.17, 15) is 0 Å². The van der Waals surface area contributed by atoms with Crippen LogP contribution in [0.1, 0.15) is 22.8 Å². The fourth-order valence-electron chi connectivity index (χ4n) is 2.94. The lowest BCUT2D eigenvalue weighted by Crippen LogP contribution is -2.10. The minimum absolute atomic E-state index is 0.392. The van der Waals surface area contributed by atoms with Crippen molar-refractivity contribution in [1.82, 2.24) is 14.8 Å². The van der Waals surface area contributed by atoms with Gasteiger partial charge in [-0.1, -0.05) is 48.0 Å². The minimum Gasteiger partial charge on any atom is -0.377 e. The number of benzene rings is 2. The first kappa shape index (κ1) is 15.1. The number of methoxy groups -OCH3 is 1. The van der Waals surface area contributed by atoms with Crippen molar-refractivity contribution >= 4 is 17.3 Å². The average Bonchev–Trinajstić information content (AvgIpc) is 2.92. The van der Waals surface area contributed by atoms with Gasteiger partial charge in [0.25, 0.3) is 0 Å². The Morgan fingerprint density at radius 3 is 2.58 bits per heavy atom. The number of ether oxygens (including phenoxy) is 1. The van der Waals surface area contributed by atoms with E-state index < -0.39 is 0 Å². The number of fused-ring (bicyclic) bond motifs is 3. The lowest BCUT2D eigenvalue weighted by Gasteiger charge is -2.13. The molecule has 1 aliphatic heterocycles. The quantitative estimate of drug-likeness (QED) is 0.735. The molecule has 0 atom stereocenters. The van der Waals surface area contributed by atoms with Gasteiger partial charge in [0, 0.05) is 23.3 Å². The first-order valence-corrected chi connectivity index (χ1v) is 7.98. The third-order valence-electron chi connectivity index (χ3n) is 3.98. The molecule has 3 aromatic rings. The van der Waals surface area contributed by atoms with Crippen molar-refractivity contribution in [2.75, 3.05) is 7.11 Å². The number of rotatable bonds is 3. The molecule has 5 nitrogen and oxygen atoms in total. The summed E-state index contributed by atoms with van der Waals surface area (Å²) in [7, 11) is 1.65. The van der Waals surface area contributed by atoms with Gasteiger partial charge in [-0.25, -0.2) is 0 Å². The van der Waals surface area contributed by atoms with E-state index in [1.165, 1.54) is 0 Å². The smallest absolute Gasteiger partial charge is 0.163 e. The first-order valence-electron chi connectivity index (χ1n) is 7.61. The summed E-state index contributed by atoms with van der Waals surface area (Å²) in [5.41, 5.74) is 3.77. The van der Waals surface area contributed by atoms with Gasteiger partial charge in [-0.15, -0.1) is 10.2 Å². The van der Waals surface area contributed by atoms with Gasteiger partial charge in [-0.05, 0) is 12.1 Å². The molecule has 1 aromatic heterocycles. The van der Waals surface area contributed by atoms with E-state index in [4.69, 9.17) is 21.3 Å². The van der Waals surface area contributed by atoms with E-state index >= 15 is 0 Å². The number of hydrogen-bond donors (Lipinski definition) is 0. The molecule has 2 aromatic carbocycles. The van der Waals surface area contributed by atoms with Crippen LogP contribution in [0.3, 0.4) is 0 Å². The molecule has 120 valence electrons. The molecule has 6 heteroatoms. The molecule has 0 fully saturated rings. The number of aromatic nitrogens is 3. The van der Waals surface area contributed by atoms with Gasteiger partial charge < -0.3 is 4.74 Å². The second-order valence-corrected chi connectivity index (χ2v) is 5.87. The van der Waals surface area contributed by atoms with Gasteiger partial charge in [0.2, 0.25) is 0 Å². The maximum atomic E-state index is 6.41. The van der Waals surface area contributed by atoms with E-state index in [2.05, 4.69) is 10.2 Å². The second kappa shape index (κ2) is 6.19. The monoisotopic (exact) mass is 338 g/mol. The van der Waals surface area contributed by atoms with Gasteiger partial charge in [-0.2, -0.15) is 0 Å². The SMILES string of the molecule is COCc1nnc2n1-c1ccccc1C(c1ccccc1Cl)=NC2. The lowest BCUT2D eigenvalue weighted by molar-refractivity contribution is 0.176. The van der Waals surface area contributed by atoms with Crippen LogP contribution in [-0.2, 0) is 17.9 Å². The molecule has 0 N–H and O–H groups in total. The molecular formula is C18H15ClN4O. The van der Waals surface area contributed by atoms with Gasteiger partial charge >= 0.3 is 0 Å². The van der Waals surface area contributed by atoms with Crippen LogP contribution in [0, 0.1) is 0 Å². The van der Waals surface area contributed by atoms with Crippen molar-refractivity contribution in [2.24, 2.45) is 4.99 Å². The summed E-state index contributed by atoms with van der Waals surface area (Å²) >= 11 is 6.41. The zero-order valence-electron chi connectivity index (χ0n) is 13.1. The predicted octanol–water partition coefficient (Wildman–Crippen LogP) is 3.42. The molecule has 0 bridgehead atoms. The van der Waals surface area contributed by atoms with Crippen LogP contribution in [0.4, 0.5) is 0 Å². The molecule has 0 aliphatic carbocycles. The van der Waals surface area contributed by atoms with E-state index in [0.29, 0.717) is 18.2 Å². The van der Waals surface area contributed by atoms with E-state index in [1.54, 1.807) is 7.11 Å². The summed E-state index contributed by atoms with van der Waals surface area (Å²) in [5.74, 6) is 1.55. The van der Waals surface area contributed by atoms with Crippen molar-refractivity contribution < 1.29 is 4.74 Å². The molecule has 0 radical (unpaired) electrons. The molecule has 1 aliphatic rings. The summed E-state index contributed by atoms with van der Waals surface area (Å²) in [4.78, 5) is 4.78. The van der Waals surface area contributed by atoms with Crippen molar-refractivity contribution in [2.45, 2.75) is 13.2 Å². The van der Waals surface area contributed by atoms with Crippen LogP contribution in [0.25, 0.3) is 5.69 Å². The van der Waals surface area contributed by atoms with E-state index in [-0.39, 0.29) is 0 Å². The van der Waals surface area contributed by atoms with Crippen LogP contribution in [-0.4, -0.2) is 27.6 Å². The number of para-hydroxylation sites is 1. The van der Waals surface area contributed by atoms with Crippen LogP contribution in [0.2, 0.25) is 5.02 Å². The maximum Gasteiger partial charge on any atom is 0.163 e. The summed E-state index contributed by atoms with van der Waals surface area (Å²) in [5, 5.41) is 9.20. The standard InChI is InChI=1S/C18H15ClN4O/c1-24-11-17-22-21-16-10-20-18(12-6-2-4-8-14(12)19)13-7-3-5-9-15(13)23(16)17/h2-9H,10-11H2,1H3.